The average Bonchev–Trinajstić information content (AvgIpc) is 2.60. The Kier molecular flexibility index (Phi) is 4.75. The van der Waals surface area contributed by atoms with Gasteiger partial charge in [-0.1, -0.05) is 25.1 Å². The van der Waals surface area contributed by atoms with Crippen molar-refractivity contribution in [1.82, 2.24) is 4.98 Å². The number of rotatable bonds is 5. The van der Waals surface area contributed by atoms with Crippen LogP contribution in [0.25, 0.3) is 10.9 Å². The molecule has 0 aliphatic carbocycles. The molecule has 0 atom stereocenters. The van der Waals surface area contributed by atoms with Crippen LogP contribution in [0.3, 0.4) is 0 Å². The Morgan fingerprint density at radius 3 is 2.75 bits per heavy atom. The van der Waals surface area contributed by atoms with E-state index in [1.54, 1.807) is 6.20 Å². The van der Waals surface area contributed by atoms with Crippen LogP contribution in [0.1, 0.15) is 29.3 Å². The summed E-state index contributed by atoms with van der Waals surface area (Å²) in [6.45, 7) is 5.06. The van der Waals surface area contributed by atoms with Gasteiger partial charge in [-0.2, -0.15) is 0 Å². The molecular formula is C20H21N3O. The molecule has 0 fully saturated rings. The van der Waals surface area contributed by atoms with Crippen LogP contribution in [0.15, 0.2) is 54.7 Å². The second kappa shape index (κ2) is 7.13. The highest BCUT2D eigenvalue weighted by Gasteiger charge is 2.09. The molecule has 1 amide bonds. The molecule has 0 spiro atoms. The Labute approximate surface area is 141 Å². The Bertz CT molecular complexity index is 874. The second-order valence-electron chi connectivity index (χ2n) is 5.83. The van der Waals surface area contributed by atoms with Crippen molar-refractivity contribution < 1.29 is 4.79 Å². The van der Waals surface area contributed by atoms with E-state index in [9.17, 15) is 4.79 Å². The number of benzene rings is 2. The molecular weight excluding hydrogens is 298 g/mol. The number of carbonyl (C=O) groups is 1. The molecule has 4 nitrogen and oxygen atoms in total. The monoisotopic (exact) mass is 319 g/mol. The average molecular weight is 319 g/mol. The fraction of sp³-hybridized carbons (Fsp3) is 0.200. The number of hydrogen-bond donors (Lipinski definition) is 2. The van der Waals surface area contributed by atoms with Crippen LogP contribution in [0.5, 0.6) is 0 Å². The molecule has 0 bridgehead atoms. The van der Waals surface area contributed by atoms with Crippen molar-refractivity contribution in [2.24, 2.45) is 0 Å². The van der Waals surface area contributed by atoms with Gasteiger partial charge in [0.25, 0.3) is 5.91 Å². The first kappa shape index (κ1) is 16.0. The quantitative estimate of drug-likeness (QED) is 0.721. The maximum absolute atomic E-state index is 12.5. The van der Waals surface area contributed by atoms with E-state index in [0.717, 1.165) is 35.1 Å². The molecule has 0 aliphatic heterocycles. The van der Waals surface area contributed by atoms with Gasteiger partial charge in [0.1, 0.15) is 0 Å². The third-order valence-electron chi connectivity index (χ3n) is 3.90. The lowest BCUT2D eigenvalue weighted by Crippen LogP contribution is -2.12. The standard InChI is InChI=1S/C20H21N3O/c1-3-10-21-18-9-8-16(11-14(18)2)20(24)23-17-12-15-6-4-5-7-19(15)22-13-17/h4-9,11-13,21H,3,10H2,1-2H3,(H,23,24). The molecule has 3 rings (SSSR count). The number of pyridine rings is 1. The van der Waals surface area contributed by atoms with E-state index in [1.165, 1.54) is 0 Å². The molecule has 0 radical (unpaired) electrons. The predicted molar refractivity (Wildman–Crippen MR) is 99.7 cm³/mol. The fourth-order valence-corrected chi connectivity index (χ4v) is 2.61. The van der Waals surface area contributed by atoms with Gasteiger partial charge in [-0.25, -0.2) is 0 Å². The minimum absolute atomic E-state index is 0.128. The van der Waals surface area contributed by atoms with E-state index < -0.39 is 0 Å². The highest BCUT2D eigenvalue weighted by Crippen LogP contribution is 2.19. The van der Waals surface area contributed by atoms with Crippen LogP contribution in [0, 0.1) is 6.92 Å². The van der Waals surface area contributed by atoms with Gasteiger partial charge in [-0.15, -0.1) is 0 Å². The van der Waals surface area contributed by atoms with Crippen LogP contribution in [0.4, 0.5) is 11.4 Å². The number of carbonyl (C=O) groups excluding carboxylic acids is 1. The molecule has 3 aromatic rings. The Balaban J connectivity index is 1.77. The lowest BCUT2D eigenvalue weighted by molar-refractivity contribution is 0.102. The lowest BCUT2D eigenvalue weighted by Gasteiger charge is -2.11. The number of para-hydroxylation sites is 1. The first-order valence-electron chi connectivity index (χ1n) is 8.18. The molecule has 0 unspecified atom stereocenters. The van der Waals surface area contributed by atoms with Gasteiger partial charge >= 0.3 is 0 Å². The first-order valence-corrected chi connectivity index (χ1v) is 8.18. The summed E-state index contributed by atoms with van der Waals surface area (Å²) < 4.78 is 0. The van der Waals surface area contributed by atoms with Crippen LogP contribution in [-0.4, -0.2) is 17.4 Å². The summed E-state index contributed by atoms with van der Waals surface area (Å²) in [6.07, 6.45) is 2.75. The molecule has 1 aromatic heterocycles. The number of nitrogens with zero attached hydrogens (tertiary/aromatic N) is 1. The molecule has 0 saturated heterocycles. The Morgan fingerprint density at radius 1 is 1.12 bits per heavy atom. The van der Waals surface area contributed by atoms with Crippen molar-refractivity contribution in [3.63, 3.8) is 0 Å². The summed E-state index contributed by atoms with van der Waals surface area (Å²) >= 11 is 0. The molecule has 0 aliphatic rings. The number of nitrogens with one attached hydrogen (secondary N) is 2. The summed E-state index contributed by atoms with van der Waals surface area (Å²) in [7, 11) is 0. The molecule has 122 valence electrons. The van der Waals surface area contributed by atoms with Gasteiger partial charge in [0.05, 0.1) is 17.4 Å². The molecule has 2 N–H and O–H groups in total. The van der Waals surface area contributed by atoms with Crippen molar-refractivity contribution in [2.45, 2.75) is 20.3 Å². The van der Waals surface area contributed by atoms with E-state index in [4.69, 9.17) is 0 Å². The molecule has 2 aromatic carbocycles. The summed E-state index contributed by atoms with van der Waals surface area (Å²) in [5.41, 5.74) is 4.39. The zero-order valence-electron chi connectivity index (χ0n) is 14.0. The summed E-state index contributed by atoms with van der Waals surface area (Å²) in [5.74, 6) is -0.128. The van der Waals surface area contributed by atoms with Crippen molar-refractivity contribution in [1.29, 1.82) is 0 Å². The first-order chi connectivity index (χ1) is 11.7. The fourth-order valence-electron chi connectivity index (χ4n) is 2.61. The van der Waals surface area contributed by atoms with Crippen molar-refractivity contribution in [3.05, 3.63) is 65.9 Å². The third-order valence-corrected chi connectivity index (χ3v) is 3.90. The minimum atomic E-state index is -0.128. The second-order valence-corrected chi connectivity index (χ2v) is 5.83. The minimum Gasteiger partial charge on any atom is -0.385 e. The zero-order chi connectivity index (χ0) is 16.9. The Morgan fingerprint density at radius 2 is 1.96 bits per heavy atom. The van der Waals surface area contributed by atoms with Gasteiger partial charge in [-0.3, -0.25) is 9.78 Å². The van der Waals surface area contributed by atoms with Crippen LogP contribution >= 0.6 is 0 Å². The van der Waals surface area contributed by atoms with Crippen LogP contribution in [0.2, 0.25) is 0 Å². The molecule has 24 heavy (non-hydrogen) atoms. The number of aromatic nitrogens is 1. The molecule has 1 heterocycles. The maximum atomic E-state index is 12.5. The van der Waals surface area contributed by atoms with Crippen LogP contribution < -0.4 is 10.6 Å². The van der Waals surface area contributed by atoms with E-state index in [2.05, 4.69) is 22.5 Å². The number of fused-ring (bicyclic) bond motifs is 1. The zero-order valence-corrected chi connectivity index (χ0v) is 14.0. The third kappa shape index (κ3) is 3.54. The largest absolute Gasteiger partial charge is 0.385 e. The smallest absolute Gasteiger partial charge is 0.255 e. The normalized spacial score (nSPS) is 10.6. The highest BCUT2D eigenvalue weighted by atomic mass is 16.1. The predicted octanol–water partition coefficient (Wildman–Crippen LogP) is 4.62. The van der Waals surface area contributed by atoms with Gasteiger partial charge in [0, 0.05) is 23.2 Å². The van der Waals surface area contributed by atoms with Gasteiger partial charge < -0.3 is 10.6 Å². The van der Waals surface area contributed by atoms with Crippen LogP contribution in [-0.2, 0) is 0 Å². The van der Waals surface area contributed by atoms with E-state index in [1.807, 2.05) is 55.5 Å². The van der Waals surface area contributed by atoms with Crippen molar-refractivity contribution >= 4 is 28.2 Å². The van der Waals surface area contributed by atoms with E-state index in [0.29, 0.717) is 11.3 Å². The topological polar surface area (TPSA) is 54.0 Å². The Hall–Kier alpha value is -2.88. The number of aryl methyl sites for hydroxylation is 1. The lowest BCUT2D eigenvalue weighted by atomic mass is 10.1. The maximum Gasteiger partial charge on any atom is 0.255 e. The molecule has 0 saturated carbocycles. The van der Waals surface area contributed by atoms with Crippen molar-refractivity contribution in [2.75, 3.05) is 17.2 Å². The summed E-state index contributed by atoms with van der Waals surface area (Å²) in [6, 6.07) is 15.5. The number of amides is 1. The SMILES string of the molecule is CCCNc1ccc(C(=O)Nc2cnc3ccccc3c2)cc1C. The van der Waals surface area contributed by atoms with Gasteiger partial charge in [-0.05, 0) is 49.2 Å². The van der Waals surface area contributed by atoms with Crippen molar-refractivity contribution in [3.8, 4) is 0 Å². The van der Waals surface area contributed by atoms with E-state index >= 15 is 0 Å². The molecule has 4 heteroatoms. The van der Waals surface area contributed by atoms with Gasteiger partial charge in [0.15, 0.2) is 0 Å². The summed E-state index contributed by atoms with van der Waals surface area (Å²) in [4.78, 5) is 16.8. The van der Waals surface area contributed by atoms with E-state index in [-0.39, 0.29) is 5.91 Å². The summed E-state index contributed by atoms with van der Waals surface area (Å²) in [5, 5.41) is 7.28. The highest BCUT2D eigenvalue weighted by molar-refractivity contribution is 6.05. The number of anilines is 2. The number of hydrogen-bond acceptors (Lipinski definition) is 3. The van der Waals surface area contributed by atoms with Gasteiger partial charge in [0.2, 0.25) is 0 Å².